The molecule has 2 N–H and O–H groups in total. The number of nitrogens with zero attached hydrogens (tertiary/aromatic N) is 2. The molecule has 9 heteroatoms. The number of guanidine groups is 1. The maximum absolute atomic E-state index is 12.3. The Kier molecular flexibility index (Phi) is 9.33. The van der Waals surface area contributed by atoms with Gasteiger partial charge < -0.3 is 29.5 Å². The molecule has 7 nitrogen and oxygen atoms in total. The fraction of sp³-hybridized carbons (Fsp3) is 0.409. The van der Waals surface area contributed by atoms with Gasteiger partial charge in [-0.15, -0.1) is 0 Å². The van der Waals surface area contributed by atoms with E-state index in [-0.39, 0.29) is 12.3 Å². The van der Waals surface area contributed by atoms with Gasteiger partial charge in [0.25, 0.3) is 0 Å². The average molecular weight is 437 g/mol. The van der Waals surface area contributed by atoms with Crippen LogP contribution in [0.15, 0.2) is 47.5 Å². The Balaban J connectivity index is 2.08. The molecule has 170 valence electrons. The second kappa shape index (κ2) is 11.9. The van der Waals surface area contributed by atoms with Gasteiger partial charge in [-0.05, 0) is 42.3 Å². The van der Waals surface area contributed by atoms with Gasteiger partial charge >= 0.3 is 6.61 Å². The fourth-order valence-corrected chi connectivity index (χ4v) is 2.89. The van der Waals surface area contributed by atoms with Gasteiger partial charge in [0.15, 0.2) is 5.96 Å². The van der Waals surface area contributed by atoms with E-state index in [0.29, 0.717) is 36.1 Å². The van der Waals surface area contributed by atoms with E-state index < -0.39 is 12.7 Å². The molecule has 0 aliphatic carbocycles. The van der Waals surface area contributed by atoms with Crippen molar-refractivity contribution in [1.29, 1.82) is 0 Å². The van der Waals surface area contributed by atoms with Gasteiger partial charge in [0.2, 0.25) is 0 Å². The number of hydrogen-bond acceptors (Lipinski definition) is 5. The molecule has 2 aromatic carbocycles. The van der Waals surface area contributed by atoms with Crippen molar-refractivity contribution in [3.63, 3.8) is 0 Å². The Morgan fingerprint density at radius 2 is 1.68 bits per heavy atom. The molecule has 0 fully saturated rings. The highest BCUT2D eigenvalue weighted by molar-refractivity contribution is 5.79. The fourth-order valence-electron chi connectivity index (χ4n) is 2.89. The molecule has 0 aromatic heterocycles. The standard InChI is InChI=1S/C22H29F2N3O4/c1-5-25-22(27(2)14-15-6-8-17(9-7-15)31-21(23)24)26-13-20(28)16-10-18(29-3)12-19(11-16)30-4/h6-12,20-21,28H,5,13-14H2,1-4H3,(H,25,26). The Morgan fingerprint density at radius 3 is 2.19 bits per heavy atom. The second-order valence-corrected chi connectivity index (χ2v) is 6.73. The molecule has 1 unspecified atom stereocenters. The molecule has 2 aromatic rings. The normalized spacial score (nSPS) is 12.5. The number of aliphatic hydroxyl groups is 1. The molecule has 0 amide bonds. The minimum absolute atomic E-state index is 0.110. The summed E-state index contributed by atoms with van der Waals surface area (Å²) in [5.74, 6) is 1.88. The number of aliphatic hydroxyl groups excluding tert-OH is 1. The van der Waals surface area contributed by atoms with Crippen LogP contribution in [0, 0.1) is 0 Å². The number of benzene rings is 2. The highest BCUT2D eigenvalue weighted by Crippen LogP contribution is 2.26. The van der Waals surface area contributed by atoms with Crippen LogP contribution in [0.1, 0.15) is 24.2 Å². The van der Waals surface area contributed by atoms with Crippen molar-refractivity contribution in [1.82, 2.24) is 10.2 Å². The summed E-state index contributed by atoms with van der Waals surface area (Å²) in [4.78, 5) is 6.41. The lowest BCUT2D eigenvalue weighted by molar-refractivity contribution is -0.0498. The number of ether oxygens (including phenoxy) is 3. The van der Waals surface area contributed by atoms with Gasteiger partial charge in [-0.1, -0.05) is 12.1 Å². The molecule has 0 radical (unpaired) electrons. The molecule has 1 atom stereocenters. The third kappa shape index (κ3) is 7.60. The number of methoxy groups -OCH3 is 2. The molecule has 0 aliphatic rings. The summed E-state index contributed by atoms with van der Waals surface area (Å²) >= 11 is 0. The van der Waals surface area contributed by atoms with E-state index in [2.05, 4.69) is 15.0 Å². The van der Waals surface area contributed by atoms with Crippen LogP contribution in [0.25, 0.3) is 0 Å². The van der Waals surface area contributed by atoms with Crippen molar-refractivity contribution < 1.29 is 28.1 Å². The van der Waals surface area contributed by atoms with E-state index in [1.165, 1.54) is 12.1 Å². The first-order chi connectivity index (χ1) is 14.9. The van der Waals surface area contributed by atoms with E-state index >= 15 is 0 Å². The lowest BCUT2D eigenvalue weighted by Gasteiger charge is -2.23. The molecule has 0 aliphatic heterocycles. The minimum Gasteiger partial charge on any atom is -0.497 e. The maximum Gasteiger partial charge on any atom is 0.387 e. The molecule has 31 heavy (non-hydrogen) atoms. The van der Waals surface area contributed by atoms with Gasteiger partial charge in [0, 0.05) is 26.2 Å². The smallest absolute Gasteiger partial charge is 0.387 e. The van der Waals surface area contributed by atoms with Crippen LogP contribution >= 0.6 is 0 Å². The molecule has 0 heterocycles. The predicted molar refractivity (Wildman–Crippen MR) is 115 cm³/mol. The first-order valence-electron chi connectivity index (χ1n) is 9.80. The van der Waals surface area contributed by atoms with Crippen molar-refractivity contribution in [3.8, 4) is 17.2 Å². The summed E-state index contributed by atoms with van der Waals surface area (Å²) in [6.07, 6.45) is -0.850. The number of rotatable bonds is 10. The van der Waals surface area contributed by atoms with Crippen LogP contribution in [-0.2, 0) is 6.54 Å². The van der Waals surface area contributed by atoms with Crippen LogP contribution in [0.3, 0.4) is 0 Å². The van der Waals surface area contributed by atoms with Crippen molar-refractivity contribution in [2.45, 2.75) is 26.2 Å². The van der Waals surface area contributed by atoms with Gasteiger partial charge in [-0.25, -0.2) is 0 Å². The van der Waals surface area contributed by atoms with E-state index in [4.69, 9.17) is 9.47 Å². The number of aliphatic imine (C=N–C) groups is 1. The molecular formula is C22H29F2N3O4. The quantitative estimate of drug-likeness (QED) is 0.438. The molecule has 0 bridgehead atoms. The van der Waals surface area contributed by atoms with Crippen molar-refractivity contribution in [2.75, 3.05) is 34.4 Å². The molecule has 2 rings (SSSR count). The van der Waals surface area contributed by atoms with Gasteiger partial charge in [-0.3, -0.25) is 4.99 Å². The van der Waals surface area contributed by atoms with Crippen LogP contribution in [0.5, 0.6) is 17.2 Å². The van der Waals surface area contributed by atoms with E-state index in [1.54, 1.807) is 44.6 Å². The largest absolute Gasteiger partial charge is 0.497 e. The number of alkyl halides is 2. The average Bonchev–Trinajstić information content (AvgIpc) is 2.76. The zero-order chi connectivity index (χ0) is 22.8. The Hall–Kier alpha value is -3.07. The third-order valence-corrected chi connectivity index (χ3v) is 4.44. The van der Waals surface area contributed by atoms with Crippen molar-refractivity contribution in [3.05, 3.63) is 53.6 Å². The van der Waals surface area contributed by atoms with E-state index in [9.17, 15) is 13.9 Å². The summed E-state index contributed by atoms with van der Waals surface area (Å²) in [7, 11) is 4.95. The van der Waals surface area contributed by atoms with Gasteiger partial charge in [-0.2, -0.15) is 8.78 Å². The van der Waals surface area contributed by atoms with E-state index in [1.807, 2.05) is 18.9 Å². The summed E-state index contributed by atoms with van der Waals surface area (Å²) in [6, 6.07) is 11.6. The highest BCUT2D eigenvalue weighted by atomic mass is 19.3. The molecule has 0 saturated heterocycles. The number of hydrogen-bond donors (Lipinski definition) is 2. The first kappa shape index (κ1) is 24.2. The summed E-state index contributed by atoms with van der Waals surface area (Å²) in [5.41, 5.74) is 1.53. The van der Waals surface area contributed by atoms with Gasteiger partial charge in [0.1, 0.15) is 17.2 Å². The summed E-state index contributed by atoms with van der Waals surface area (Å²) in [6.45, 7) is 0.363. The Bertz CT molecular complexity index is 825. The number of halogens is 2. The SMILES string of the molecule is CCNC(=NCC(O)c1cc(OC)cc(OC)c1)N(C)Cc1ccc(OC(F)F)cc1. The number of nitrogens with one attached hydrogen (secondary N) is 1. The van der Waals surface area contributed by atoms with Crippen molar-refractivity contribution in [2.24, 2.45) is 4.99 Å². The summed E-state index contributed by atoms with van der Waals surface area (Å²) in [5, 5.41) is 13.8. The van der Waals surface area contributed by atoms with Crippen LogP contribution in [-0.4, -0.2) is 56.9 Å². The van der Waals surface area contributed by atoms with Crippen LogP contribution in [0.2, 0.25) is 0 Å². The second-order valence-electron chi connectivity index (χ2n) is 6.73. The predicted octanol–water partition coefficient (Wildman–Crippen LogP) is 3.44. The first-order valence-corrected chi connectivity index (χ1v) is 9.80. The topological polar surface area (TPSA) is 75.6 Å². The zero-order valence-electron chi connectivity index (χ0n) is 18.1. The van der Waals surface area contributed by atoms with Crippen LogP contribution < -0.4 is 19.5 Å². The third-order valence-electron chi connectivity index (χ3n) is 4.44. The minimum atomic E-state index is -2.85. The Labute approximate surface area is 181 Å². The summed E-state index contributed by atoms with van der Waals surface area (Å²) < 4.78 is 39.4. The highest BCUT2D eigenvalue weighted by Gasteiger charge is 2.13. The zero-order valence-corrected chi connectivity index (χ0v) is 18.1. The Morgan fingerprint density at radius 1 is 1.06 bits per heavy atom. The van der Waals surface area contributed by atoms with Crippen LogP contribution in [0.4, 0.5) is 8.78 Å². The lowest BCUT2D eigenvalue weighted by Crippen LogP contribution is -2.38. The molecule has 0 spiro atoms. The molecule has 0 saturated carbocycles. The van der Waals surface area contributed by atoms with E-state index in [0.717, 1.165) is 5.56 Å². The molecular weight excluding hydrogens is 408 g/mol. The lowest BCUT2D eigenvalue weighted by atomic mass is 10.1. The monoisotopic (exact) mass is 437 g/mol. The maximum atomic E-state index is 12.3. The van der Waals surface area contributed by atoms with Gasteiger partial charge in [0.05, 0.1) is 26.9 Å². The van der Waals surface area contributed by atoms with Crippen molar-refractivity contribution >= 4 is 5.96 Å².